The summed E-state index contributed by atoms with van der Waals surface area (Å²) in [6.45, 7) is 1.47. The molecule has 100 valence electrons. The number of anilines is 3. The van der Waals surface area contributed by atoms with E-state index in [9.17, 15) is 4.79 Å². The molecular weight excluding hydrogens is 256 g/mol. The lowest BCUT2D eigenvalue weighted by Gasteiger charge is -2.20. The van der Waals surface area contributed by atoms with Crippen LogP contribution in [0.4, 0.5) is 17.2 Å². The molecule has 0 fully saturated rings. The van der Waals surface area contributed by atoms with E-state index < -0.39 is 0 Å². The summed E-state index contributed by atoms with van der Waals surface area (Å²) in [5.41, 5.74) is 7.55. The molecule has 0 radical (unpaired) electrons. The monoisotopic (exact) mass is 268 g/mol. The molecule has 0 bridgehead atoms. The second-order valence-electron chi connectivity index (χ2n) is 4.35. The van der Waals surface area contributed by atoms with Gasteiger partial charge in [0, 0.05) is 36.3 Å². The number of aromatic nitrogens is 2. The molecule has 2 N–H and O–H groups in total. The molecule has 0 saturated heterocycles. The van der Waals surface area contributed by atoms with E-state index in [0.29, 0.717) is 22.8 Å². The van der Waals surface area contributed by atoms with Gasteiger partial charge in [-0.15, -0.1) is 0 Å². The Morgan fingerprint density at radius 1 is 1.30 bits per heavy atom. The Morgan fingerprint density at radius 3 is 2.90 bits per heavy atom. The molecule has 0 aliphatic carbocycles. The highest BCUT2D eigenvalue weighted by Gasteiger charge is 2.16. The summed E-state index contributed by atoms with van der Waals surface area (Å²) >= 11 is 0. The van der Waals surface area contributed by atoms with Crippen molar-refractivity contribution < 1.29 is 9.32 Å². The Hall–Kier alpha value is -2.89. The molecule has 2 aromatic heterocycles. The van der Waals surface area contributed by atoms with Crippen LogP contribution in [0.5, 0.6) is 0 Å². The molecule has 0 aliphatic heterocycles. The van der Waals surface area contributed by atoms with Crippen LogP contribution in [0, 0.1) is 0 Å². The Kier molecular flexibility index (Phi) is 2.83. The van der Waals surface area contributed by atoms with Crippen LogP contribution in [0.1, 0.15) is 6.92 Å². The zero-order chi connectivity index (χ0) is 14.1. The van der Waals surface area contributed by atoms with Crippen LogP contribution in [-0.4, -0.2) is 16.0 Å². The van der Waals surface area contributed by atoms with Crippen LogP contribution in [0.2, 0.25) is 0 Å². The average Bonchev–Trinajstić information content (AvgIpc) is 2.86. The number of fused-ring (bicyclic) bond motifs is 1. The average molecular weight is 268 g/mol. The molecule has 0 spiro atoms. The van der Waals surface area contributed by atoms with Crippen molar-refractivity contribution >= 4 is 34.1 Å². The van der Waals surface area contributed by atoms with Gasteiger partial charge in [0.1, 0.15) is 5.82 Å². The molecule has 3 aromatic rings. The van der Waals surface area contributed by atoms with Crippen LogP contribution < -0.4 is 10.6 Å². The lowest BCUT2D eigenvalue weighted by atomic mass is 10.2. The fourth-order valence-electron chi connectivity index (χ4n) is 2.02. The standard InChI is InChI=1S/C14H12N4O2/c1-9(19)18(14-6-11(15)4-5-16-14)12-3-2-10-8-17-20-13(10)7-12/h2-8H,1H3,(H2,15,16). The van der Waals surface area contributed by atoms with Crippen LogP contribution >= 0.6 is 0 Å². The van der Waals surface area contributed by atoms with Gasteiger partial charge in [0.2, 0.25) is 5.91 Å². The zero-order valence-electron chi connectivity index (χ0n) is 10.8. The van der Waals surface area contributed by atoms with E-state index in [-0.39, 0.29) is 5.91 Å². The fraction of sp³-hybridized carbons (Fsp3) is 0.0714. The van der Waals surface area contributed by atoms with Crippen LogP contribution in [0.25, 0.3) is 11.0 Å². The van der Waals surface area contributed by atoms with E-state index in [4.69, 9.17) is 10.3 Å². The van der Waals surface area contributed by atoms with Gasteiger partial charge in [0.25, 0.3) is 0 Å². The van der Waals surface area contributed by atoms with Crippen LogP contribution in [-0.2, 0) is 4.79 Å². The largest absolute Gasteiger partial charge is 0.399 e. The SMILES string of the molecule is CC(=O)N(c1ccc2cnoc2c1)c1cc(N)ccn1. The lowest BCUT2D eigenvalue weighted by molar-refractivity contribution is -0.115. The molecule has 6 nitrogen and oxygen atoms in total. The maximum atomic E-state index is 11.9. The number of amides is 1. The van der Waals surface area contributed by atoms with Crippen molar-refractivity contribution in [2.24, 2.45) is 0 Å². The number of nitrogens with two attached hydrogens (primary N) is 1. The first-order valence-corrected chi connectivity index (χ1v) is 6.02. The quantitative estimate of drug-likeness (QED) is 0.771. The van der Waals surface area contributed by atoms with Crippen molar-refractivity contribution in [3.63, 3.8) is 0 Å². The van der Waals surface area contributed by atoms with E-state index in [0.717, 1.165) is 5.39 Å². The molecule has 1 amide bonds. The van der Waals surface area contributed by atoms with Crippen molar-refractivity contribution in [2.75, 3.05) is 10.6 Å². The normalized spacial score (nSPS) is 10.7. The third-order valence-corrected chi connectivity index (χ3v) is 2.91. The molecule has 0 atom stereocenters. The Bertz CT molecular complexity index is 781. The number of rotatable bonds is 2. The van der Waals surface area contributed by atoms with Crippen molar-refractivity contribution in [1.82, 2.24) is 10.1 Å². The van der Waals surface area contributed by atoms with Crippen LogP contribution in [0.3, 0.4) is 0 Å². The van der Waals surface area contributed by atoms with Gasteiger partial charge in [-0.05, 0) is 18.2 Å². The smallest absolute Gasteiger partial charge is 0.229 e. The molecule has 0 unspecified atom stereocenters. The second kappa shape index (κ2) is 4.65. The van der Waals surface area contributed by atoms with Gasteiger partial charge in [-0.3, -0.25) is 9.69 Å². The number of hydrogen-bond donors (Lipinski definition) is 1. The van der Waals surface area contributed by atoms with Crippen molar-refractivity contribution in [2.45, 2.75) is 6.92 Å². The highest BCUT2D eigenvalue weighted by molar-refractivity contribution is 5.99. The highest BCUT2D eigenvalue weighted by atomic mass is 16.5. The number of pyridine rings is 1. The van der Waals surface area contributed by atoms with Gasteiger partial charge < -0.3 is 10.3 Å². The topological polar surface area (TPSA) is 85.2 Å². The Balaban J connectivity index is 2.12. The summed E-state index contributed by atoms with van der Waals surface area (Å²) in [4.78, 5) is 17.6. The molecule has 20 heavy (non-hydrogen) atoms. The summed E-state index contributed by atoms with van der Waals surface area (Å²) < 4.78 is 5.11. The van der Waals surface area contributed by atoms with Crippen molar-refractivity contribution in [3.8, 4) is 0 Å². The Morgan fingerprint density at radius 2 is 2.15 bits per heavy atom. The van der Waals surface area contributed by atoms with E-state index >= 15 is 0 Å². The molecule has 0 saturated carbocycles. The minimum Gasteiger partial charge on any atom is -0.399 e. The van der Waals surface area contributed by atoms with Gasteiger partial charge in [-0.25, -0.2) is 4.98 Å². The predicted molar refractivity (Wildman–Crippen MR) is 75.5 cm³/mol. The summed E-state index contributed by atoms with van der Waals surface area (Å²) in [5, 5.41) is 4.59. The Labute approximate surface area is 114 Å². The van der Waals surface area contributed by atoms with Gasteiger partial charge in [-0.2, -0.15) is 0 Å². The summed E-state index contributed by atoms with van der Waals surface area (Å²) in [6.07, 6.45) is 3.18. The number of nitrogens with zero attached hydrogens (tertiary/aromatic N) is 3. The maximum Gasteiger partial charge on any atom is 0.229 e. The highest BCUT2D eigenvalue weighted by Crippen LogP contribution is 2.28. The van der Waals surface area contributed by atoms with E-state index in [1.807, 2.05) is 12.1 Å². The number of benzene rings is 1. The van der Waals surface area contributed by atoms with Gasteiger partial charge in [0.15, 0.2) is 5.58 Å². The van der Waals surface area contributed by atoms with Gasteiger partial charge >= 0.3 is 0 Å². The lowest BCUT2D eigenvalue weighted by Crippen LogP contribution is -2.23. The van der Waals surface area contributed by atoms with E-state index in [1.165, 1.54) is 11.8 Å². The third kappa shape index (κ3) is 2.07. The maximum absolute atomic E-state index is 11.9. The van der Waals surface area contributed by atoms with E-state index in [1.54, 1.807) is 30.6 Å². The number of hydrogen-bond acceptors (Lipinski definition) is 5. The predicted octanol–water partition coefficient (Wildman–Crippen LogP) is 2.49. The second-order valence-corrected chi connectivity index (χ2v) is 4.35. The minimum absolute atomic E-state index is 0.165. The summed E-state index contributed by atoms with van der Waals surface area (Å²) in [7, 11) is 0. The first-order valence-electron chi connectivity index (χ1n) is 6.02. The third-order valence-electron chi connectivity index (χ3n) is 2.91. The molecule has 1 aromatic carbocycles. The minimum atomic E-state index is -0.165. The molecule has 0 aliphatic rings. The summed E-state index contributed by atoms with van der Waals surface area (Å²) in [5.74, 6) is 0.304. The molecule has 2 heterocycles. The van der Waals surface area contributed by atoms with Crippen molar-refractivity contribution in [3.05, 3.63) is 42.7 Å². The number of carbonyl (C=O) groups excluding carboxylic acids is 1. The van der Waals surface area contributed by atoms with Gasteiger partial charge in [-0.1, -0.05) is 5.16 Å². The first-order chi connectivity index (χ1) is 9.65. The molecule has 6 heteroatoms. The molecule has 3 rings (SSSR count). The van der Waals surface area contributed by atoms with Crippen LogP contribution in [0.15, 0.2) is 47.2 Å². The first kappa shape index (κ1) is 12.2. The molecular formula is C14H12N4O2. The van der Waals surface area contributed by atoms with Crippen molar-refractivity contribution in [1.29, 1.82) is 0 Å². The van der Waals surface area contributed by atoms with E-state index in [2.05, 4.69) is 10.1 Å². The zero-order valence-corrected chi connectivity index (χ0v) is 10.8. The summed E-state index contributed by atoms with van der Waals surface area (Å²) in [6, 6.07) is 8.71. The fourth-order valence-corrected chi connectivity index (χ4v) is 2.02. The van der Waals surface area contributed by atoms with Gasteiger partial charge in [0.05, 0.1) is 11.9 Å². The number of carbonyl (C=O) groups is 1. The number of nitrogen functional groups attached to an aromatic ring is 1.